The lowest BCUT2D eigenvalue weighted by atomic mass is 10.1. The van der Waals surface area contributed by atoms with Crippen LogP contribution in [0.25, 0.3) is 0 Å². The van der Waals surface area contributed by atoms with Crippen LogP contribution in [0.4, 0.5) is 0 Å². The number of allylic oxidation sites excluding steroid dienone is 10. The fourth-order valence-corrected chi connectivity index (χ4v) is 5.99. The van der Waals surface area contributed by atoms with Crippen molar-refractivity contribution in [1.82, 2.24) is 0 Å². The molecule has 55 heavy (non-hydrogen) atoms. The van der Waals surface area contributed by atoms with E-state index in [4.69, 9.17) is 14.2 Å². The predicted molar refractivity (Wildman–Crippen MR) is 229 cm³/mol. The maximum absolute atomic E-state index is 12.7. The topological polar surface area (TPSA) is 99.1 Å². The molecule has 316 valence electrons. The number of likely N-dealkylation sites (N-methyl/N-ethyl adjacent to an activating group) is 1. The summed E-state index contributed by atoms with van der Waals surface area (Å²) in [5.41, 5.74) is 0. The number of aliphatic carboxylic acids is 1. The minimum atomic E-state index is -0.884. The predicted octanol–water partition coefficient (Wildman–Crippen LogP) is 11.8. The molecule has 0 heterocycles. The third kappa shape index (κ3) is 36.4. The standard InChI is InChI=1S/C47H81NO7/c1-6-8-10-12-14-16-18-19-20-21-22-23-24-25-26-27-28-30-32-34-36-38-46(50)55-43(41-53-40-39-44(47(51)52)48(3,4)5)42-54-45(49)37-35-33-31-29-17-15-13-11-9-7-2/h14,16,19-20,22-23,25-26,28,30,43-44H,6-13,15,17-18,21,24,27,29,31-42H2,1-5H3/p+1/b16-14+,20-19+,23-22+,26-25+,30-28+. The number of rotatable bonds is 38. The Morgan fingerprint density at radius 2 is 0.964 bits per heavy atom. The first kappa shape index (κ1) is 52.0. The summed E-state index contributed by atoms with van der Waals surface area (Å²) in [5.74, 6) is -1.53. The number of carboxylic acid groups (broad SMARTS) is 1. The Balaban J connectivity index is 4.42. The first-order valence-corrected chi connectivity index (χ1v) is 21.8. The van der Waals surface area contributed by atoms with E-state index in [0.717, 1.165) is 57.8 Å². The minimum absolute atomic E-state index is 0.0426. The fourth-order valence-electron chi connectivity index (χ4n) is 5.99. The maximum Gasteiger partial charge on any atom is 0.362 e. The first-order valence-electron chi connectivity index (χ1n) is 21.8. The summed E-state index contributed by atoms with van der Waals surface area (Å²) in [6.07, 6.45) is 45.5. The van der Waals surface area contributed by atoms with Crippen molar-refractivity contribution >= 4 is 17.9 Å². The van der Waals surface area contributed by atoms with Gasteiger partial charge in [-0.15, -0.1) is 0 Å². The van der Waals surface area contributed by atoms with Crippen molar-refractivity contribution in [1.29, 1.82) is 0 Å². The smallest absolute Gasteiger partial charge is 0.362 e. The van der Waals surface area contributed by atoms with E-state index >= 15 is 0 Å². The van der Waals surface area contributed by atoms with Crippen LogP contribution in [0.15, 0.2) is 60.8 Å². The molecule has 0 aromatic heterocycles. The first-order chi connectivity index (χ1) is 26.6. The molecule has 2 atom stereocenters. The molecule has 0 aliphatic rings. The van der Waals surface area contributed by atoms with Crippen molar-refractivity contribution in [3.63, 3.8) is 0 Å². The Morgan fingerprint density at radius 3 is 1.45 bits per heavy atom. The van der Waals surface area contributed by atoms with Crippen molar-refractivity contribution in [2.45, 2.75) is 180 Å². The second-order valence-corrected chi connectivity index (χ2v) is 15.6. The molecule has 0 radical (unpaired) electrons. The van der Waals surface area contributed by atoms with Gasteiger partial charge in [0, 0.05) is 19.3 Å². The zero-order valence-electron chi connectivity index (χ0n) is 35.9. The highest BCUT2D eigenvalue weighted by molar-refractivity contribution is 5.72. The molecule has 0 fully saturated rings. The number of esters is 2. The number of hydrogen-bond acceptors (Lipinski definition) is 6. The molecule has 0 saturated carbocycles. The van der Waals surface area contributed by atoms with Crippen LogP contribution in [0.2, 0.25) is 0 Å². The molecule has 0 saturated heterocycles. The van der Waals surface area contributed by atoms with Gasteiger partial charge in [-0.2, -0.15) is 0 Å². The lowest BCUT2D eigenvalue weighted by Crippen LogP contribution is -2.50. The maximum atomic E-state index is 12.7. The highest BCUT2D eigenvalue weighted by atomic mass is 16.6. The number of unbranched alkanes of at least 4 members (excludes halogenated alkanes) is 14. The van der Waals surface area contributed by atoms with Crippen LogP contribution in [0, 0.1) is 0 Å². The van der Waals surface area contributed by atoms with Gasteiger partial charge >= 0.3 is 17.9 Å². The van der Waals surface area contributed by atoms with E-state index in [1.807, 2.05) is 21.1 Å². The molecule has 2 unspecified atom stereocenters. The van der Waals surface area contributed by atoms with Crippen molar-refractivity contribution < 1.29 is 38.2 Å². The van der Waals surface area contributed by atoms with E-state index in [2.05, 4.69) is 74.6 Å². The van der Waals surface area contributed by atoms with Crippen molar-refractivity contribution in [2.24, 2.45) is 0 Å². The van der Waals surface area contributed by atoms with Gasteiger partial charge in [0.2, 0.25) is 0 Å². The van der Waals surface area contributed by atoms with Crippen molar-refractivity contribution in [3.8, 4) is 0 Å². The molecule has 0 aromatic carbocycles. The highest BCUT2D eigenvalue weighted by Crippen LogP contribution is 2.13. The van der Waals surface area contributed by atoms with Gasteiger partial charge in [0.15, 0.2) is 12.1 Å². The summed E-state index contributed by atoms with van der Waals surface area (Å²) in [6.45, 7) is 4.64. The van der Waals surface area contributed by atoms with Gasteiger partial charge in [-0.3, -0.25) is 9.59 Å². The summed E-state index contributed by atoms with van der Waals surface area (Å²) in [4.78, 5) is 36.9. The molecule has 0 bridgehead atoms. The van der Waals surface area contributed by atoms with E-state index in [1.54, 1.807) is 0 Å². The summed E-state index contributed by atoms with van der Waals surface area (Å²) >= 11 is 0. The fraction of sp³-hybridized carbons (Fsp3) is 0.723. The summed E-state index contributed by atoms with van der Waals surface area (Å²) in [7, 11) is 5.50. The molecule has 0 aromatic rings. The van der Waals surface area contributed by atoms with Gasteiger partial charge in [0.05, 0.1) is 34.4 Å². The van der Waals surface area contributed by atoms with Gasteiger partial charge in [0.25, 0.3) is 0 Å². The summed E-state index contributed by atoms with van der Waals surface area (Å²) in [5, 5.41) is 9.60. The van der Waals surface area contributed by atoms with E-state index in [-0.39, 0.29) is 42.7 Å². The third-order valence-corrected chi connectivity index (χ3v) is 9.42. The van der Waals surface area contributed by atoms with E-state index in [9.17, 15) is 19.5 Å². The van der Waals surface area contributed by atoms with E-state index in [0.29, 0.717) is 19.3 Å². The van der Waals surface area contributed by atoms with Gasteiger partial charge in [-0.25, -0.2) is 4.79 Å². The van der Waals surface area contributed by atoms with Crippen LogP contribution < -0.4 is 0 Å². The van der Waals surface area contributed by atoms with Crippen molar-refractivity contribution in [3.05, 3.63) is 60.8 Å². The molecular formula is C47H82NO7+. The zero-order valence-corrected chi connectivity index (χ0v) is 35.9. The number of quaternary nitrogens is 1. The Bertz CT molecular complexity index is 1090. The van der Waals surface area contributed by atoms with Gasteiger partial charge < -0.3 is 23.8 Å². The molecular weight excluding hydrogens is 691 g/mol. The monoisotopic (exact) mass is 773 g/mol. The van der Waals surface area contributed by atoms with Crippen LogP contribution in [0.5, 0.6) is 0 Å². The van der Waals surface area contributed by atoms with Gasteiger partial charge in [-0.1, -0.05) is 145 Å². The van der Waals surface area contributed by atoms with Gasteiger partial charge in [0.1, 0.15) is 6.61 Å². The Kier molecular flexibility index (Phi) is 35.9. The highest BCUT2D eigenvalue weighted by Gasteiger charge is 2.31. The second-order valence-electron chi connectivity index (χ2n) is 15.6. The normalized spacial score (nSPS) is 13.5. The quantitative estimate of drug-likeness (QED) is 0.0289. The second kappa shape index (κ2) is 37.9. The van der Waals surface area contributed by atoms with E-state index < -0.39 is 18.1 Å². The van der Waals surface area contributed by atoms with Crippen LogP contribution in [-0.4, -0.2) is 80.6 Å². The number of carboxylic acids is 1. The molecule has 1 N–H and O–H groups in total. The Labute approximate surface area is 337 Å². The number of carbonyl (C=O) groups is 3. The summed E-state index contributed by atoms with van der Waals surface area (Å²) < 4.78 is 17.2. The zero-order chi connectivity index (χ0) is 40.7. The SMILES string of the molecule is CCCCC/C=C/C/C=C/C/C=C/C/C=C/C/C=C/CCCCC(=O)OC(COCCC(C(=O)O)[N+](C)(C)C)COC(=O)CCCCCCCCCCCC. The number of ether oxygens (including phenoxy) is 3. The number of carbonyl (C=O) groups excluding carboxylic acids is 2. The van der Waals surface area contributed by atoms with Gasteiger partial charge in [-0.05, 0) is 64.2 Å². The molecule has 0 aliphatic carbocycles. The lowest BCUT2D eigenvalue weighted by molar-refractivity contribution is -0.887. The number of hydrogen-bond donors (Lipinski definition) is 1. The average molecular weight is 773 g/mol. The van der Waals surface area contributed by atoms with Crippen LogP contribution in [0.3, 0.4) is 0 Å². The molecule has 0 aliphatic heterocycles. The lowest BCUT2D eigenvalue weighted by Gasteiger charge is -2.31. The summed E-state index contributed by atoms with van der Waals surface area (Å²) in [6, 6.07) is -0.623. The number of nitrogens with zero attached hydrogens (tertiary/aromatic N) is 1. The Morgan fingerprint density at radius 1 is 0.545 bits per heavy atom. The van der Waals surface area contributed by atoms with Crippen LogP contribution >= 0.6 is 0 Å². The minimum Gasteiger partial charge on any atom is -0.477 e. The largest absolute Gasteiger partial charge is 0.477 e. The van der Waals surface area contributed by atoms with E-state index in [1.165, 1.54) is 70.6 Å². The molecule has 0 amide bonds. The van der Waals surface area contributed by atoms with Crippen LogP contribution in [-0.2, 0) is 28.6 Å². The third-order valence-electron chi connectivity index (χ3n) is 9.42. The molecule has 0 rings (SSSR count). The van der Waals surface area contributed by atoms with Crippen molar-refractivity contribution in [2.75, 3.05) is 41.0 Å². The molecule has 8 heteroatoms. The molecule has 8 nitrogen and oxygen atoms in total. The Hall–Kier alpha value is -2.97. The average Bonchev–Trinajstić information content (AvgIpc) is 3.14. The molecule has 0 spiro atoms. The van der Waals surface area contributed by atoms with Crippen LogP contribution in [0.1, 0.15) is 168 Å².